The summed E-state index contributed by atoms with van der Waals surface area (Å²) in [6, 6.07) is 0. The van der Waals surface area contributed by atoms with Gasteiger partial charge in [0, 0.05) is 7.11 Å². The lowest BCUT2D eigenvalue weighted by molar-refractivity contribution is -0.195. The van der Waals surface area contributed by atoms with Gasteiger partial charge in [-0.2, -0.15) is 0 Å². The third-order valence-electron chi connectivity index (χ3n) is 2.02. The fourth-order valence-electron chi connectivity index (χ4n) is 1.30. The molecule has 5 nitrogen and oxygen atoms in total. The Labute approximate surface area is 94.9 Å². The van der Waals surface area contributed by atoms with E-state index in [0.29, 0.717) is 0 Å². The maximum absolute atomic E-state index is 9.13. The summed E-state index contributed by atoms with van der Waals surface area (Å²) in [6.07, 6.45) is 7.19. The molecule has 1 N–H and O–H groups in total. The highest BCUT2D eigenvalue weighted by atomic mass is 16.7. The first-order valence-corrected chi connectivity index (χ1v) is 4.92. The van der Waals surface area contributed by atoms with E-state index in [2.05, 4.69) is 5.92 Å². The molecule has 0 aliphatic carbocycles. The molecule has 0 aromatic carbocycles. The van der Waals surface area contributed by atoms with Crippen molar-refractivity contribution in [3.05, 3.63) is 12.2 Å². The van der Waals surface area contributed by atoms with Gasteiger partial charge in [-0.05, 0) is 6.08 Å². The van der Waals surface area contributed by atoms with Gasteiger partial charge in [0.15, 0.2) is 6.29 Å². The van der Waals surface area contributed by atoms with Crippen LogP contribution in [0.3, 0.4) is 0 Å². The van der Waals surface area contributed by atoms with Crippen molar-refractivity contribution < 1.29 is 24.1 Å². The zero-order chi connectivity index (χ0) is 11.8. The molecule has 0 aromatic rings. The third-order valence-corrected chi connectivity index (χ3v) is 2.02. The van der Waals surface area contributed by atoms with Crippen LogP contribution < -0.4 is 0 Å². The standard InChI is InChI=1S/C11H16O5/c1-3-6-14-11-5-4-9(15-8-13-2)10(7-12)16-11/h1,4-5,9-12H,6-8H2,2H3. The summed E-state index contributed by atoms with van der Waals surface area (Å²) in [6.45, 7) is 0.149. The normalized spacial score (nSPS) is 28.9. The highest BCUT2D eigenvalue weighted by molar-refractivity contribution is 5.01. The Balaban J connectivity index is 2.46. The first kappa shape index (κ1) is 13.2. The number of rotatable bonds is 6. The predicted molar refractivity (Wildman–Crippen MR) is 56.4 cm³/mol. The van der Waals surface area contributed by atoms with Crippen LogP contribution in [0.1, 0.15) is 0 Å². The monoisotopic (exact) mass is 228 g/mol. The van der Waals surface area contributed by atoms with E-state index in [0.717, 1.165) is 0 Å². The van der Waals surface area contributed by atoms with E-state index in [4.69, 9.17) is 30.5 Å². The molecular weight excluding hydrogens is 212 g/mol. The van der Waals surface area contributed by atoms with Crippen LogP contribution in [0.2, 0.25) is 0 Å². The Morgan fingerprint density at radius 1 is 1.44 bits per heavy atom. The van der Waals surface area contributed by atoms with E-state index in [9.17, 15) is 0 Å². The van der Waals surface area contributed by atoms with Gasteiger partial charge in [-0.1, -0.05) is 12.0 Å². The summed E-state index contributed by atoms with van der Waals surface area (Å²) in [5.74, 6) is 2.34. The summed E-state index contributed by atoms with van der Waals surface area (Å²) in [5, 5.41) is 9.13. The maximum Gasteiger partial charge on any atom is 0.178 e. The lowest BCUT2D eigenvalue weighted by Gasteiger charge is -2.30. The maximum atomic E-state index is 9.13. The third kappa shape index (κ3) is 3.93. The van der Waals surface area contributed by atoms with Crippen molar-refractivity contribution in [2.75, 3.05) is 27.1 Å². The second kappa shape index (κ2) is 7.39. The smallest absolute Gasteiger partial charge is 0.178 e. The van der Waals surface area contributed by atoms with Crippen molar-refractivity contribution in [1.82, 2.24) is 0 Å². The zero-order valence-corrected chi connectivity index (χ0v) is 9.17. The molecule has 16 heavy (non-hydrogen) atoms. The van der Waals surface area contributed by atoms with E-state index in [1.807, 2.05) is 0 Å². The lowest BCUT2D eigenvalue weighted by atomic mass is 10.1. The van der Waals surface area contributed by atoms with E-state index < -0.39 is 12.4 Å². The summed E-state index contributed by atoms with van der Waals surface area (Å²) in [5.41, 5.74) is 0. The van der Waals surface area contributed by atoms with Crippen molar-refractivity contribution in [2.45, 2.75) is 18.5 Å². The molecule has 1 aliphatic rings. The topological polar surface area (TPSA) is 57.2 Å². The second-order valence-corrected chi connectivity index (χ2v) is 3.16. The van der Waals surface area contributed by atoms with E-state index in [1.54, 1.807) is 12.2 Å². The molecular formula is C11H16O5. The highest BCUT2D eigenvalue weighted by Crippen LogP contribution is 2.16. The quantitative estimate of drug-likeness (QED) is 0.391. The molecule has 1 aliphatic heterocycles. The lowest BCUT2D eigenvalue weighted by Crippen LogP contribution is -2.40. The molecule has 0 bridgehead atoms. The number of hydrogen-bond acceptors (Lipinski definition) is 5. The molecule has 3 unspecified atom stereocenters. The fraction of sp³-hybridized carbons (Fsp3) is 0.636. The molecule has 0 amide bonds. The molecule has 0 saturated carbocycles. The van der Waals surface area contributed by atoms with Crippen LogP contribution in [0.4, 0.5) is 0 Å². The molecule has 1 heterocycles. The average Bonchev–Trinajstić information content (AvgIpc) is 2.34. The van der Waals surface area contributed by atoms with Gasteiger partial charge in [0.2, 0.25) is 0 Å². The highest BCUT2D eigenvalue weighted by Gasteiger charge is 2.27. The van der Waals surface area contributed by atoms with Crippen LogP contribution in [0.5, 0.6) is 0 Å². The van der Waals surface area contributed by atoms with Crippen LogP contribution in [-0.2, 0) is 18.9 Å². The number of aliphatic hydroxyl groups is 1. The summed E-state index contributed by atoms with van der Waals surface area (Å²) >= 11 is 0. The zero-order valence-electron chi connectivity index (χ0n) is 9.17. The minimum absolute atomic E-state index is 0.144. The molecule has 1 rings (SSSR count). The van der Waals surface area contributed by atoms with E-state index in [-0.39, 0.29) is 26.1 Å². The number of aliphatic hydroxyl groups excluding tert-OH is 1. The Bertz CT molecular complexity index is 258. The van der Waals surface area contributed by atoms with Gasteiger partial charge >= 0.3 is 0 Å². The molecule has 0 saturated heterocycles. The second-order valence-electron chi connectivity index (χ2n) is 3.16. The molecule has 0 radical (unpaired) electrons. The number of ether oxygens (including phenoxy) is 4. The summed E-state index contributed by atoms with van der Waals surface area (Å²) in [4.78, 5) is 0. The van der Waals surface area contributed by atoms with Gasteiger partial charge in [0.25, 0.3) is 0 Å². The molecule has 5 heteroatoms. The summed E-state index contributed by atoms with van der Waals surface area (Å²) < 4.78 is 20.7. The number of terminal acetylenes is 1. The number of methoxy groups -OCH3 is 1. The SMILES string of the molecule is C#CCOC1C=CC(OCOC)C(CO)O1. The van der Waals surface area contributed by atoms with Gasteiger partial charge in [-0.15, -0.1) is 6.42 Å². The molecule has 0 spiro atoms. The molecule has 3 atom stereocenters. The van der Waals surface area contributed by atoms with Crippen molar-refractivity contribution in [3.63, 3.8) is 0 Å². The Morgan fingerprint density at radius 2 is 2.25 bits per heavy atom. The van der Waals surface area contributed by atoms with Crippen molar-refractivity contribution in [1.29, 1.82) is 0 Å². The Morgan fingerprint density at radius 3 is 2.88 bits per heavy atom. The van der Waals surface area contributed by atoms with Gasteiger partial charge in [0.1, 0.15) is 25.6 Å². The average molecular weight is 228 g/mol. The Kier molecular flexibility index (Phi) is 6.08. The Hall–Kier alpha value is -0.900. The first-order chi connectivity index (χ1) is 7.81. The predicted octanol–water partition coefficient (Wildman–Crippen LogP) is -0.101. The van der Waals surface area contributed by atoms with Crippen LogP contribution >= 0.6 is 0 Å². The van der Waals surface area contributed by atoms with Gasteiger partial charge < -0.3 is 24.1 Å². The van der Waals surface area contributed by atoms with Gasteiger partial charge in [0.05, 0.1) is 6.61 Å². The van der Waals surface area contributed by atoms with Crippen molar-refractivity contribution in [2.24, 2.45) is 0 Å². The van der Waals surface area contributed by atoms with E-state index in [1.165, 1.54) is 7.11 Å². The first-order valence-electron chi connectivity index (χ1n) is 4.92. The largest absolute Gasteiger partial charge is 0.394 e. The van der Waals surface area contributed by atoms with Crippen LogP contribution in [-0.4, -0.2) is 50.7 Å². The van der Waals surface area contributed by atoms with E-state index >= 15 is 0 Å². The van der Waals surface area contributed by atoms with Gasteiger partial charge in [-0.3, -0.25) is 0 Å². The minimum atomic E-state index is -0.532. The van der Waals surface area contributed by atoms with Crippen molar-refractivity contribution in [3.8, 4) is 12.3 Å². The van der Waals surface area contributed by atoms with Crippen LogP contribution in [0, 0.1) is 12.3 Å². The fourth-order valence-corrected chi connectivity index (χ4v) is 1.30. The molecule has 90 valence electrons. The molecule has 0 aromatic heterocycles. The molecule has 0 fully saturated rings. The van der Waals surface area contributed by atoms with Crippen LogP contribution in [0.15, 0.2) is 12.2 Å². The van der Waals surface area contributed by atoms with Crippen LogP contribution in [0.25, 0.3) is 0 Å². The van der Waals surface area contributed by atoms with Gasteiger partial charge in [-0.25, -0.2) is 0 Å². The van der Waals surface area contributed by atoms with Crippen molar-refractivity contribution >= 4 is 0 Å². The minimum Gasteiger partial charge on any atom is -0.394 e. The summed E-state index contributed by atoms with van der Waals surface area (Å²) in [7, 11) is 1.53. The number of hydrogen-bond donors (Lipinski definition) is 1.